The monoisotopic (exact) mass is 237 g/mol. The predicted molar refractivity (Wildman–Crippen MR) is 70.0 cm³/mol. The lowest BCUT2D eigenvalue weighted by Gasteiger charge is -2.22. The molecule has 17 heavy (non-hydrogen) atoms. The Bertz CT molecular complexity index is 328. The average Bonchev–Trinajstić information content (AvgIpc) is 2.29. The summed E-state index contributed by atoms with van der Waals surface area (Å²) in [5.74, 6) is 1.32. The zero-order valence-electron chi connectivity index (χ0n) is 11.0. The molecule has 96 valence electrons. The van der Waals surface area contributed by atoms with Crippen LogP contribution >= 0.6 is 0 Å². The smallest absolute Gasteiger partial charge is 0.129 e. The molecule has 0 aromatic carbocycles. The van der Waals surface area contributed by atoms with Crippen molar-refractivity contribution in [1.82, 2.24) is 9.97 Å². The Hall–Kier alpha value is -1.16. The van der Waals surface area contributed by atoms with Gasteiger partial charge in [-0.2, -0.15) is 0 Å². The molecule has 0 saturated carbocycles. The fourth-order valence-electron chi connectivity index (χ4n) is 1.77. The fourth-order valence-corrected chi connectivity index (χ4v) is 1.77. The van der Waals surface area contributed by atoms with Crippen LogP contribution in [0.25, 0.3) is 0 Å². The number of nitrogens with zero attached hydrogens (tertiary/aromatic N) is 2. The molecule has 0 aliphatic carbocycles. The van der Waals surface area contributed by atoms with Crippen molar-refractivity contribution in [3.8, 4) is 0 Å². The molecular formula is C13H23N3O. The number of aliphatic hydroxyl groups excluding tert-OH is 1. The Morgan fingerprint density at radius 3 is 2.71 bits per heavy atom. The Balaban J connectivity index is 2.68. The third-order valence-corrected chi connectivity index (χ3v) is 2.81. The zero-order chi connectivity index (χ0) is 12.7. The van der Waals surface area contributed by atoms with E-state index in [2.05, 4.69) is 36.1 Å². The van der Waals surface area contributed by atoms with Crippen molar-refractivity contribution in [3.05, 3.63) is 18.1 Å². The highest BCUT2D eigenvalue weighted by Crippen LogP contribution is 2.13. The van der Waals surface area contributed by atoms with Crippen LogP contribution in [0, 0.1) is 5.92 Å². The first kappa shape index (κ1) is 13.9. The minimum absolute atomic E-state index is 0.197. The number of hydrogen-bond donors (Lipinski definition) is 2. The van der Waals surface area contributed by atoms with Crippen molar-refractivity contribution >= 4 is 5.82 Å². The Kier molecular flexibility index (Phi) is 5.91. The molecule has 0 radical (unpaired) electrons. The molecule has 0 fully saturated rings. The van der Waals surface area contributed by atoms with Gasteiger partial charge in [-0.3, -0.25) is 0 Å². The van der Waals surface area contributed by atoms with E-state index >= 15 is 0 Å². The second-order valence-corrected chi connectivity index (χ2v) is 4.65. The molecule has 1 heterocycles. The molecule has 4 nitrogen and oxygen atoms in total. The number of anilines is 1. The van der Waals surface area contributed by atoms with Crippen LogP contribution in [0.5, 0.6) is 0 Å². The Morgan fingerprint density at radius 1 is 1.35 bits per heavy atom. The fraction of sp³-hybridized carbons (Fsp3) is 0.692. The summed E-state index contributed by atoms with van der Waals surface area (Å²) in [6.45, 7) is 6.61. The molecule has 0 aliphatic heterocycles. The lowest BCUT2D eigenvalue weighted by Crippen LogP contribution is -2.27. The average molecular weight is 237 g/mol. The van der Waals surface area contributed by atoms with Crippen LogP contribution in [0.2, 0.25) is 0 Å². The molecule has 0 bridgehead atoms. The van der Waals surface area contributed by atoms with Crippen LogP contribution in [0.15, 0.2) is 12.4 Å². The van der Waals surface area contributed by atoms with Crippen molar-refractivity contribution in [2.75, 3.05) is 11.9 Å². The van der Waals surface area contributed by atoms with E-state index in [1.807, 2.05) is 6.07 Å². The summed E-state index contributed by atoms with van der Waals surface area (Å²) in [5.41, 5.74) is 1.07. The Morgan fingerprint density at radius 2 is 2.12 bits per heavy atom. The molecule has 1 unspecified atom stereocenters. The van der Waals surface area contributed by atoms with Gasteiger partial charge in [-0.25, -0.2) is 9.97 Å². The van der Waals surface area contributed by atoms with E-state index < -0.39 is 0 Å². The lowest BCUT2D eigenvalue weighted by atomic mass is 10.0. The highest BCUT2D eigenvalue weighted by atomic mass is 16.3. The van der Waals surface area contributed by atoms with Gasteiger partial charge in [0.2, 0.25) is 0 Å². The summed E-state index contributed by atoms with van der Waals surface area (Å²) in [4.78, 5) is 8.45. The molecule has 0 aliphatic rings. The van der Waals surface area contributed by atoms with Crippen molar-refractivity contribution in [2.24, 2.45) is 5.92 Å². The minimum Gasteiger partial charge on any atom is -0.396 e. The maximum absolute atomic E-state index is 9.03. The summed E-state index contributed by atoms with van der Waals surface area (Å²) >= 11 is 0. The molecular weight excluding hydrogens is 214 g/mol. The highest BCUT2D eigenvalue weighted by molar-refractivity contribution is 5.36. The van der Waals surface area contributed by atoms with Crippen LogP contribution in [-0.4, -0.2) is 27.7 Å². The van der Waals surface area contributed by atoms with Crippen molar-refractivity contribution in [3.63, 3.8) is 0 Å². The van der Waals surface area contributed by atoms with Crippen molar-refractivity contribution in [1.29, 1.82) is 0 Å². The SMILES string of the molecule is CCCc1cc(NC(CCO)C(C)C)ncn1. The standard InChI is InChI=1S/C13H23N3O/c1-4-5-11-8-13(15-9-14-11)16-12(6-7-17)10(2)3/h8-10,12,17H,4-7H2,1-3H3,(H,14,15,16). The molecule has 1 rings (SSSR count). The van der Waals surface area contributed by atoms with E-state index in [0.29, 0.717) is 5.92 Å². The third kappa shape index (κ3) is 4.69. The van der Waals surface area contributed by atoms with Gasteiger partial charge in [0.15, 0.2) is 0 Å². The molecule has 1 aromatic rings. The highest BCUT2D eigenvalue weighted by Gasteiger charge is 2.13. The number of aliphatic hydroxyl groups is 1. The second-order valence-electron chi connectivity index (χ2n) is 4.65. The summed E-state index contributed by atoms with van der Waals surface area (Å²) in [6, 6.07) is 2.25. The van der Waals surface area contributed by atoms with Crippen molar-refractivity contribution < 1.29 is 5.11 Å². The molecule has 0 amide bonds. The van der Waals surface area contributed by atoms with Crippen LogP contribution in [-0.2, 0) is 6.42 Å². The summed E-state index contributed by atoms with van der Waals surface area (Å²) in [5, 5.41) is 12.4. The number of hydrogen-bond acceptors (Lipinski definition) is 4. The van der Waals surface area contributed by atoms with E-state index in [0.717, 1.165) is 30.8 Å². The number of aromatic nitrogens is 2. The van der Waals surface area contributed by atoms with Gasteiger partial charge in [0.1, 0.15) is 12.1 Å². The maximum atomic E-state index is 9.03. The number of nitrogens with one attached hydrogen (secondary N) is 1. The number of rotatable bonds is 7. The molecule has 4 heteroatoms. The maximum Gasteiger partial charge on any atom is 0.129 e. The molecule has 0 saturated heterocycles. The van der Waals surface area contributed by atoms with E-state index in [4.69, 9.17) is 5.11 Å². The summed E-state index contributed by atoms with van der Waals surface area (Å²) < 4.78 is 0. The van der Waals surface area contributed by atoms with Crippen LogP contribution in [0.3, 0.4) is 0 Å². The quantitative estimate of drug-likeness (QED) is 0.763. The minimum atomic E-state index is 0.197. The van der Waals surface area contributed by atoms with Gasteiger partial charge >= 0.3 is 0 Å². The van der Waals surface area contributed by atoms with Crippen LogP contribution in [0.4, 0.5) is 5.82 Å². The van der Waals surface area contributed by atoms with Gasteiger partial charge < -0.3 is 10.4 Å². The topological polar surface area (TPSA) is 58.0 Å². The van der Waals surface area contributed by atoms with Gasteiger partial charge in [-0.05, 0) is 18.8 Å². The largest absolute Gasteiger partial charge is 0.396 e. The van der Waals surface area contributed by atoms with Gasteiger partial charge in [0.05, 0.1) is 0 Å². The normalized spacial score (nSPS) is 12.8. The predicted octanol–water partition coefficient (Wildman–Crippen LogP) is 2.25. The number of aryl methyl sites for hydroxylation is 1. The zero-order valence-corrected chi connectivity index (χ0v) is 11.0. The summed E-state index contributed by atoms with van der Waals surface area (Å²) in [7, 11) is 0. The molecule has 1 aromatic heterocycles. The molecule has 2 N–H and O–H groups in total. The van der Waals surface area contributed by atoms with Gasteiger partial charge in [0, 0.05) is 24.4 Å². The van der Waals surface area contributed by atoms with E-state index in [9.17, 15) is 0 Å². The first-order chi connectivity index (χ1) is 8.17. The van der Waals surface area contributed by atoms with Crippen LogP contribution in [0.1, 0.15) is 39.3 Å². The molecule has 0 spiro atoms. The van der Waals surface area contributed by atoms with Gasteiger partial charge in [-0.1, -0.05) is 27.2 Å². The van der Waals surface area contributed by atoms with Crippen molar-refractivity contribution in [2.45, 2.75) is 46.1 Å². The van der Waals surface area contributed by atoms with E-state index in [-0.39, 0.29) is 12.6 Å². The summed E-state index contributed by atoms with van der Waals surface area (Å²) in [6.07, 6.45) is 4.40. The lowest BCUT2D eigenvalue weighted by molar-refractivity contribution is 0.267. The van der Waals surface area contributed by atoms with Gasteiger partial charge in [0.25, 0.3) is 0 Å². The third-order valence-electron chi connectivity index (χ3n) is 2.81. The molecule has 1 atom stereocenters. The van der Waals surface area contributed by atoms with Crippen LogP contribution < -0.4 is 5.32 Å². The van der Waals surface area contributed by atoms with E-state index in [1.165, 1.54) is 0 Å². The Labute approximate surface area is 103 Å². The second kappa shape index (κ2) is 7.22. The van der Waals surface area contributed by atoms with E-state index in [1.54, 1.807) is 6.33 Å². The first-order valence-electron chi connectivity index (χ1n) is 6.35. The van der Waals surface area contributed by atoms with Gasteiger partial charge in [-0.15, -0.1) is 0 Å². The first-order valence-corrected chi connectivity index (χ1v) is 6.35.